The summed E-state index contributed by atoms with van der Waals surface area (Å²) in [6.07, 6.45) is 12.0. The SMILES string of the molecule is c1ccc(CN=C(NC2CCCCC2)NC2CCCC2)cc1. The van der Waals surface area contributed by atoms with Crippen LogP contribution >= 0.6 is 0 Å². The highest BCUT2D eigenvalue weighted by atomic mass is 15.2. The third kappa shape index (κ3) is 4.75. The van der Waals surface area contributed by atoms with Crippen LogP contribution in [-0.2, 0) is 6.54 Å². The largest absolute Gasteiger partial charge is 0.354 e. The predicted molar refractivity (Wildman–Crippen MR) is 93.0 cm³/mol. The summed E-state index contributed by atoms with van der Waals surface area (Å²) in [5, 5.41) is 7.36. The van der Waals surface area contributed by atoms with E-state index in [1.54, 1.807) is 0 Å². The molecule has 0 aromatic heterocycles. The van der Waals surface area contributed by atoms with E-state index in [0.29, 0.717) is 12.1 Å². The number of nitrogens with zero attached hydrogens (tertiary/aromatic N) is 1. The maximum absolute atomic E-state index is 4.85. The molecular formula is C19H29N3. The molecule has 22 heavy (non-hydrogen) atoms. The van der Waals surface area contributed by atoms with E-state index in [-0.39, 0.29) is 0 Å². The van der Waals surface area contributed by atoms with E-state index in [0.717, 1.165) is 12.5 Å². The molecular weight excluding hydrogens is 270 g/mol. The van der Waals surface area contributed by atoms with Gasteiger partial charge in [0.2, 0.25) is 0 Å². The van der Waals surface area contributed by atoms with Crippen LogP contribution < -0.4 is 10.6 Å². The summed E-state index contributed by atoms with van der Waals surface area (Å²) in [7, 11) is 0. The second kappa shape index (κ2) is 8.21. The van der Waals surface area contributed by atoms with Crippen LogP contribution in [0.25, 0.3) is 0 Å². The molecule has 2 saturated carbocycles. The normalized spacial score (nSPS) is 21.0. The highest BCUT2D eigenvalue weighted by Crippen LogP contribution is 2.19. The molecule has 3 rings (SSSR count). The minimum Gasteiger partial charge on any atom is -0.354 e. The first-order valence-electron chi connectivity index (χ1n) is 9.01. The molecule has 2 aliphatic carbocycles. The highest BCUT2D eigenvalue weighted by molar-refractivity contribution is 5.80. The Bertz CT molecular complexity index is 457. The Morgan fingerprint density at radius 1 is 0.818 bits per heavy atom. The summed E-state index contributed by atoms with van der Waals surface area (Å²) in [4.78, 5) is 4.85. The van der Waals surface area contributed by atoms with Crippen molar-refractivity contribution in [2.45, 2.75) is 76.4 Å². The van der Waals surface area contributed by atoms with Gasteiger partial charge in [0.1, 0.15) is 0 Å². The number of hydrogen-bond donors (Lipinski definition) is 2. The Morgan fingerprint density at radius 2 is 1.36 bits per heavy atom. The van der Waals surface area contributed by atoms with Gasteiger partial charge in [0.05, 0.1) is 6.54 Å². The standard InChI is InChI=1S/C19H29N3/c1-3-9-16(10-4-1)15-20-19(22-18-13-7-8-14-18)21-17-11-5-2-6-12-17/h1,3-4,9-10,17-18H,2,5-8,11-15H2,(H2,20,21,22). The van der Waals surface area contributed by atoms with E-state index in [1.807, 2.05) is 0 Å². The lowest BCUT2D eigenvalue weighted by molar-refractivity contribution is 0.407. The number of nitrogens with one attached hydrogen (secondary N) is 2. The molecule has 0 aliphatic heterocycles. The molecule has 3 nitrogen and oxygen atoms in total. The van der Waals surface area contributed by atoms with Crippen molar-refractivity contribution in [3.8, 4) is 0 Å². The summed E-state index contributed by atoms with van der Waals surface area (Å²) in [5.41, 5.74) is 1.28. The first-order chi connectivity index (χ1) is 10.9. The van der Waals surface area contributed by atoms with Gasteiger partial charge in [-0.3, -0.25) is 0 Å². The van der Waals surface area contributed by atoms with Crippen molar-refractivity contribution in [3.63, 3.8) is 0 Å². The Morgan fingerprint density at radius 3 is 1.95 bits per heavy atom. The van der Waals surface area contributed by atoms with Crippen molar-refractivity contribution in [2.75, 3.05) is 0 Å². The van der Waals surface area contributed by atoms with E-state index in [4.69, 9.17) is 4.99 Å². The van der Waals surface area contributed by atoms with Crippen LogP contribution in [0.4, 0.5) is 0 Å². The average Bonchev–Trinajstić information content (AvgIpc) is 3.08. The van der Waals surface area contributed by atoms with Gasteiger partial charge in [-0.2, -0.15) is 0 Å². The van der Waals surface area contributed by atoms with Gasteiger partial charge in [0, 0.05) is 12.1 Å². The van der Waals surface area contributed by atoms with Gasteiger partial charge in [-0.25, -0.2) is 4.99 Å². The zero-order valence-corrected chi connectivity index (χ0v) is 13.6. The van der Waals surface area contributed by atoms with Crippen LogP contribution in [0.15, 0.2) is 35.3 Å². The molecule has 1 aromatic carbocycles. The Hall–Kier alpha value is -1.51. The maximum Gasteiger partial charge on any atom is 0.192 e. The van der Waals surface area contributed by atoms with E-state index >= 15 is 0 Å². The lowest BCUT2D eigenvalue weighted by Crippen LogP contribution is -2.47. The molecule has 120 valence electrons. The second-order valence-corrected chi connectivity index (χ2v) is 6.76. The maximum atomic E-state index is 4.85. The molecule has 0 spiro atoms. The lowest BCUT2D eigenvalue weighted by Gasteiger charge is -2.26. The summed E-state index contributed by atoms with van der Waals surface area (Å²) in [5.74, 6) is 1.03. The van der Waals surface area contributed by atoms with Crippen LogP contribution in [0.1, 0.15) is 63.4 Å². The number of benzene rings is 1. The average molecular weight is 299 g/mol. The molecule has 0 amide bonds. The van der Waals surface area contributed by atoms with E-state index in [9.17, 15) is 0 Å². The van der Waals surface area contributed by atoms with E-state index < -0.39 is 0 Å². The molecule has 0 saturated heterocycles. The summed E-state index contributed by atoms with van der Waals surface area (Å²) >= 11 is 0. The lowest BCUT2D eigenvalue weighted by atomic mass is 9.96. The Balaban J connectivity index is 1.61. The number of aliphatic imine (C=N–C) groups is 1. The van der Waals surface area contributed by atoms with Gasteiger partial charge in [-0.05, 0) is 31.2 Å². The minimum absolute atomic E-state index is 0.608. The van der Waals surface area contributed by atoms with Gasteiger partial charge in [-0.1, -0.05) is 62.4 Å². The summed E-state index contributed by atoms with van der Waals surface area (Å²) < 4.78 is 0. The van der Waals surface area contributed by atoms with Crippen molar-refractivity contribution in [1.82, 2.24) is 10.6 Å². The third-order valence-corrected chi connectivity index (χ3v) is 4.90. The molecule has 0 radical (unpaired) electrons. The number of rotatable bonds is 4. The molecule has 0 heterocycles. The summed E-state index contributed by atoms with van der Waals surface area (Å²) in [6, 6.07) is 11.8. The topological polar surface area (TPSA) is 36.4 Å². The first-order valence-corrected chi connectivity index (χ1v) is 9.01. The van der Waals surface area contributed by atoms with E-state index in [1.165, 1.54) is 63.4 Å². The van der Waals surface area contributed by atoms with Crippen molar-refractivity contribution in [2.24, 2.45) is 4.99 Å². The molecule has 0 unspecified atom stereocenters. The minimum atomic E-state index is 0.608. The van der Waals surface area contributed by atoms with Gasteiger partial charge in [0.15, 0.2) is 5.96 Å². The Labute approximate surface area is 134 Å². The number of hydrogen-bond acceptors (Lipinski definition) is 1. The van der Waals surface area contributed by atoms with Crippen molar-refractivity contribution in [1.29, 1.82) is 0 Å². The Kier molecular flexibility index (Phi) is 5.74. The molecule has 3 heteroatoms. The van der Waals surface area contributed by atoms with E-state index in [2.05, 4.69) is 41.0 Å². The van der Waals surface area contributed by atoms with Crippen LogP contribution in [0.5, 0.6) is 0 Å². The molecule has 1 aromatic rings. The molecule has 0 bridgehead atoms. The summed E-state index contributed by atoms with van der Waals surface area (Å²) in [6.45, 7) is 0.760. The van der Waals surface area contributed by atoms with Crippen LogP contribution in [-0.4, -0.2) is 18.0 Å². The van der Waals surface area contributed by atoms with Crippen LogP contribution in [0, 0.1) is 0 Å². The van der Waals surface area contributed by atoms with Crippen molar-refractivity contribution < 1.29 is 0 Å². The zero-order chi connectivity index (χ0) is 15.0. The smallest absolute Gasteiger partial charge is 0.192 e. The van der Waals surface area contributed by atoms with Gasteiger partial charge >= 0.3 is 0 Å². The monoisotopic (exact) mass is 299 g/mol. The fraction of sp³-hybridized carbons (Fsp3) is 0.632. The number of guanidine groups is 1. The van der Waals surface area contributed by atoms with Crippen LogP contribution in [0.2, 0.25) is 0 Å². The zero-order valence-electron chi connectivity index (χ0n) is 13.6. The fourth-order valence-electron chi connectivity index (χ4n) is 3.59. The third-order valence-electron chi connectivity index (χ3n) is 4.90. The second-order valence-electron chi connectivity index (χ2n) is 6.76. The predicted octanol–water partition coefficient (Wildman–Crippen LogP) is 4.00. The molecule has 0 atom stereocenters. The molecule has 2 aliphatic rings. The van der Waals surface area contributed by atoms with Crippen LogP contribution in [0.3, 0.4) is 0 Å². The van der Waals surface area contributed by atoms with Gasteiger partial charge < -0.3 is 10.6 Å². The van der Waals surface area contributed by atoms with Gasteiger partial charge in [-0.15, -0.1) is 0 Å². The first kappa shape index (κ1) is 15.4. The van der Waals surface area contributed by atoms with Crippen molar-refractivity contribution in [3.05, 3.63) is 35.9 Å². The fourth-order valence-corrected chi connectivity index (χ4v) is 3.59. The van der Waals surface area contributed by atoms with Crippen molar-refractivity contribution >= 4 is 5.96 Å². The quantitative estimate of drug-likeness (QED) is 0.651. The molecule has 2 N–H and O–H groups in total. The van der Waals surface area contributed by atoms with Gasteiger partial charge in [0.25, 0.3) is 0 Å². The molecule has 2 fully saturated rings. The highest BCUT2D eigenvalue weighted by Gasteiger charge is 2.19.